The predicted molar refractivity (Wildman–Crippen MR) is 86.9 cm³/mol. The second-order valence-corrected chi connectivity index (χ2v) is 5.31. The Morgan fingerprint density at radius 2 is 1.87 bits per heavy atom. The van der Waals surface area contributed by atoms with Gasteiger partial charge in [0.2, 0.25) is 5.88 Å². The molecule has 8 nitrogen and oxygen atoms in total. The maximum absolute atomic E-state index is 5.20. The molecule has 0 unspecified atom stereocenters. The summed E-state index contributed by atoms with van der Waals surface area (Å²) >= 11 is 0. The third kappa shape index (κ3) is 2.52. The van der Waals surface area contributed by atoms with Crippen LogP contribution in [-0.2, 0) is 0 Å². The van der Waals surface area contributed by atoms with Crippen LogP contribution in [0.3, 0.4) is 0 Å². The Balaban J connectivity index is 1.51. The summed E-state index contributed by atoms with van der Waals surface area (Å²) in [5.41, 5.74) is 1.59. The van der Waals surface area contributed by atoms with E-state index in [4.69, 9.17) is 4.74 Å². The number of aromatic nitrogens is 5. The van der Waals surface area contributed by atoms with E-state index >= 15 is 0 Å². The molecule has 3 aromatic heterocycles. The molecule has 118 valence electrons. The number of H-pyrrole nitrogens is 1. The van der Waals surface area contributed by atoms with Gasteiger partial charge in [-0.1, -0.05) is 6.07 Å². The Hall–Kier alpha value is -2.90. The number of imidazole rings is 1. The van der Waals surface area contributed by atoms with Crippen molar-refractivity contribution in [2.45, 2.75) is 0 Å². The molecule has 8 heteroatoms. The molecule has 0 radical (unpaired) electrons. The summed E-state index contributed by atoms with van der Waals surface area (Å²) in [7, 11) is 1.63. The first kappa shape index (κ1) is 13.7. The second-order valence-electron chi connectivity index (χ2n) is 5.31. The Bertz CT molecular complexity index is 810. The molecule has 3 aromatic rings. The first-order valence-electron chi connectivity index (χ1n) is 7.50. The van der Waals surface area contributed by atoms with Gasteiger partial charge < -0.3 is 19.5 Å². The largest absolute Gasteiger partial charge is 0.481 e. The van der Waals surface area contributed by atoms with Crippen molar-refractivity contribution in [1.82, 2.24) is 24.9 Å². The van der Waals surface area contributed by atoms with Crippen LogP contribution in [0.15, 0.2) is 30.9 Å². The van der Waals surface area contributed by atoms with E-state index in [0.29, 0.717) is 11.5 Å². The lowest BCUT2D eigenvalue weighted by atomic mass is 10.3. The number of nitrogens with zero attached hydrogens (tertiary/aromatic N) is 6. The van der Waals surface area contributed by atoms with E-state index in [9.17, 15) is 0 Å². The summed E-state index contributed by atoms with van der Waals surface area (Å²) in [6.45, 7) is 3.48. The van der Waals surface area contributed by atoms with E-state index in [2.05, 4.69) is 34.7 Å². The maximum atomic E-state index is 5.20. The standard InChI is InChI=1S/C15H17N7O/c1-23-12-4-2-3-11(20-12)21-5-7-22(8-6-21)15-13-14(17-9-16-13)18-10-19-15/h2-4,9-10H,5-8H2,1H3,(H,16,17,18,19). The first-order valence-corrected chi connectivity index (χ1v) is 7.50. The van der Waals surface area contributed by atoms with Crippen LogP contribution in [0.1, 0.15) is 0 Å². The Morgan fingerprint density at radius 1 is 1.04 bits per heavy atom. The molecule has 0 saturated carbocycles. The highest BCUT2D eigenvalue weighted by molar-refractivity contribution is 5.82. The van der Waals surface area contributed by atoms with E-state index in [1.54, 1.807) is 19.8 Å². The SMILES string of the molecule is COc1cccc(N2CCN(c3ncnc4nc[nH]c34)CC2)n1. The van der Waals surface area contributed by atoms with Gasteiger partial charge in [-0.3, -0.25) is 0 Å². The van der Waals surface area contributed by atoms with Crippen LogP contribution in [0.25, 0.3) is 11.2 Å². The van der Waals surface area contributed by atoms with Crippen molar-refractivity contribution < 1.29 is 4.74 Å². The third-order valence-corrected chi connectivity index (χ3v) is 4.02. The molecule has 1 aliphatic rings. The number of methoxy groups -OCH3 is 1. The van der Waals surface area contributed by atoms with E-state index in [1.165, 1.54) is 0 Å². The van der Waals surface area contributed by atoms with Gasteiger partial charge in [-0.2, -0.15) is 4.98 Å². The molecular weight excluding hydrogens is 294 g/mol. The molecule has 1 aliphatic heterocycles. The number of hydrogen-bond acceptors (Lipinski definition) is 7. The molecule has 1 N–H and O–H groups in total. The van der Waals surface area contributed by atoms with Gasteiger partial charge >= 0.3 is 0 Å². The lowest BCUT2D eigenvalue weighted by Gasteiger charge is -2.36. The molecule has 0 amide bonds. The highest BCUT2D eigenvalue weighted by Crippen LogP contribution is 2.23. The number of rotatable bonds is 3. The van der Waals surface area contributed by atoms with Crippen LogP contribution in [0.5, 0.6) is 5.88 Å². The monoisotopic (exact) mass is 311 g/mol. The number of anilines is 2. The van der Waals surface area contributed by atoms with E-state index in [0.717, 1.165) is 43.3 Å². The topological polar surface area (TPSA) is 83.1 Å². The fourth-order valence-electron chi connectivity index (χ4n) is 2.83. The van der Waals surface area contributed by atoms with Crippen molar-refractivity contribution in [3.63, 3.8) is 0 Å². The third-order valence-electron chi connectivity index (χ3n) is 4.02. The zero-order valence-electron chi connectivity index (χ0n) is 12.8. The highest BCUT2D eigenvalue weighted by atomic mass is 16.5. The van der Waals surface area contributed by atoms with E-state index < -0.39 is 0 Å². The van der Waals surface area contributed by atoms with Crippen molar-refractivity contribution in [1.29, 1.82) is 0 Å². The van der Waals surface area contributed by atoms with E-state index in [1.807, 2.05) is 18.2 Å². The minimum Gasteiger partial charge on any atom is -0.481 e. The van der Waals surface area contributed by atoms with Gasteiger partial charge in [0.05, 0.1) is 13.4 Å². The summed E-state index contributed by atoms with van der Waals surface area (Å²) in [6, 6.07) is 5.83. The number of hydrogen-bond donors (Lipinski definition) is 1. The average Bonchev–Trinajstić information content (AvgIpc) is 3.11. The Morgan fingerprint density at radius 3 is 2.70 bits per heavy atom. The van der Waals surface area contributed by atoms with Gasteiger partial charge in [0.25, 0.3) is 0 Å². The number of aromatic amines is 1. The van der Waals surface area contributed by atoms with Crippen LogP contribution < -0.4 is 14.5 Å². The molecule has 1 fully saturated rings. The zero-order chi connectivity index (χ0) is 15.6. The van der Waals surface area contributed by atoms with Crippen LogP contribution in [0.2, 0.25) is 0 Å². The van der Waals surface area contributed by atoms with Crippen LogP contribution >= 0.6 is 0 Å². The Kier molecular flexibility index (Phi) is 3.41. The molecular formula is C15H17N7O. The van der Waals surface area contributed by atoms with Crippen molar-refractivity contribution in [2.24, 2.45) is 0 Å². The minimum atomic E-state index is 0.639. The van der Waals surface area contributed by atoms with Crippen molar-refractivity contribution in [3.05, 3.63) is 30.9 Å². The highest BCUT2D eigenvalue weighted by Gasteiger charge is 2.21. The Labute approximate surface area is 133 Å². The number of nitrogens with one attached hydrogen (secondary N) is 1. The van der Waals surface area contributed by atoms with Gasteiger partial charge in [0.15, 0.2) is 11.5 Å². The normalized spacial score (nSPS) is 15.2. The van der Waals surface area contributed by atoms with Gasteiger partial charge in [-0.15, -0.1) is 0 Å². The van der Waals surface area contributed by atoms with Crippen LogP contribution in [-0.4, -0.2) is 58.2 Å². The molecule has 0 aliphatic carbocycles. The van der Waals surface area contributed by atoms with Gasteiger partial charge in [-0.05, 0) is 6.07 Å². The second kappa shape index (κ2) is 5.71. The molecule has 0 spiro atoms. The summed E-state index contributed by atoms with van der Waals surface area (Å²) in [5.74, 6) is 2.49. The molecule has 4 heterocycles. The molecule has 0 atom stereocenters. The van der Waals surface area contributed by atoms with Crippen molar-refractivity contribution in [3.8, 4) is 5.88 Å². The van der Waals surface area contributed by atoms with Crippen LogP contribution in [0.4, 0.5) is 11.6 Å². The lowest BCUT2D eigenvalue weighted by Crippen LogP contribution is -2.47. The molecule has 0 aromatic carbocycles. The molecule has 1 saturated heterocycles. The minimum absolute atomic E-state index is 0.639. The number of fused-ring (bicyclic) bond motifs is 1. The number of piperazine rings is 1. The first-order chi connectivity index (χ1) is 11.3. The van der Waals surface area contributed by atoms with Crippen molar-refractivity contribution in [2.75, 3.05) is 43.1 Å². The molecule has 0 bridgehead atoms. The summed E-state index contributed by atoms with van der Waals surface area (Å²) < 4.78 is 5.20. The quantitative estimate of drug-likeness (QED) is 0.775. The van der Waals surface area contributed by atoms with Crippen LogP contribution in [0, 0.1) is 0 Å². The summed E-state index contributed by atoms with van der Waals surface area (Å²) in [5, 5.41) is 0. The van der Waals surface area contributed by atoms with Gasteiger partial charge in [0, 0.05) is 32.2 Å². The molecule has 4 rings (SSSR count). The zero-order valence-corrected chi connectivity index (χ0v) is 12.8. The average molecular weight is 311 g/mol. The van der Waals surface area contributed by atoms with E-state index in [-0.39, 0.29) is 0 Å². The maximum Gasteiger partial charge on any atom is 0.214 e. The van der Waals surface area contributed by atoms with Gasteiger partial charge in [0.1, 0.15) is 17.7 Å². The predicted octanol–water partition coefficient (Wildman–Crippen LogP) is 1.08. The number of ether oxygens (including phenoxy) is 1. The smallest absolute Gasteiger partial charge is 0.214 e. The summed E-state index contributed by atoms with van der Waals surface area (Å²) in [6.07, 6.45) is 3.22. The summed E-state index contributed by atoms with van der Waals surface area (Å²) in [4.78, 5) is 24.9. The van der Waals surface area contributed by atoms with Crippen molar-refractivity contribution >= 4 is 22.8 Å². The molecule has 23 heavy (non-hydrogen) atoms. The fraction of sp³-hybridized carbons (Fsp3) is 0.333. The fourth-order valence-corrected chi connectivity index (χ4v) is 2.83. The van der Waals surface area contributed by atoms with Gasteiger partial charge in [-0.25, -0.2) is 15.0 Å². The number of pyridine rings is 1. The lowest BCUT2D eigenvalue weighted by molar-refractivity contribution is 0.397.